The number of nitrogens with zero attached hydrogens (tertiary/aromatic N) is 10. The van der Waals surface area contributed by atoms with E-state index < -0.39 is 11.6 Å². The molecular weight excluding hydrogens is 798 g/mol. The van der Waals surface area contributed by atoms with Crippen LogP contribution in [0.5, 0.6) is 0 Å². The molecule has 0 aliphatic carbocycles. The van der Waals surface area contributed by atoms with Gasteiger partial charge in [0.15, 0.2) is 11.6 Å². The lowest BCUT2D eigenvalue weighted by atomic mass is 10.2. The second kappa shape index (κ2) is 19.0. The number of nitrogens with one attached hydrogen (secondary N) is 4. The molecule has 4 aromatic heterocycles. The van der Waals surface area contributed by atoms with E-state index in [0.717, 1.165) is 66.9 Å². The van der Waals surface area contributed by atoms with Crippen LogP contribution in [0.3, 0.4) is 0 Å². The summed E-state index contributed by atoms with van der Waals surface area (Å²) in [5.41, 5.74) is 7.14. The van der Waals surface area contributed by atoms with Crippen molar-refractivity contribution in [3.63, 3.8) is 0 Å². The lowest BCUT2D eigenvalue weighted by Gasteiger charge is -2.19. The topological polar surface area (TPSA) is 159 Å². The van der Waals surface area contributed by atoms with E-state index in [1.54, 1.807) is 19.3 Å². The Bertz CT molecular complexity index is 2490. The van der Waals surface area contributed by atoms with Crippen molar-refractivity contribution in [2.45, 2.75) is 85.5 Å². The van der Waals surface area contributed by atoms with Crippen LogP contribution in [0.15, 0.2) is 73.3 Å². The van der Waals surface area contributed by atoms with E-state index in [2.05, 4.69) is 55.7 Å². The van der Waals surface area contributed by atoms with Crippen molar-refractivity contribution in [2.75, 3.05) is 46.6 Å². The van der Waals surface area contributed by atoms with Gasteiger partial charge in [0.2, 0.25) is 17.8 Å². The molecule has 6 aromatic rings. The predicted octanol–water partition coefficient (Wildman–Crippen LogP) is 7.99. The molecular formula is C44H53F3N14O. The Labute approximate surface area is 359 Å². The molecule has 2 atom stereocenters. The highest BCUT2D eigenvalue weighted by Gasteiger charge is 2.25. The van der Waals surface area contributed by atoms with Crippen molar-refractivity contribution in [1.82, 2.24) is 49.9 Å². The summed E-state index contributed by atoms with van der Waals surface area (Å²) in [5, 5.41) is 9.28. The predicted molar refractivity (Wildman–Crippen MR) is 235 cm³/mol. The fourth-order valence-electron chi connectivity index (χ4n) is 8.05. The van der Waals surface area contributed by atoms with Crippen LogP contribution in [0.4, 0.5) is 47.9 Å². The molecule has 2 aliphatic heterocycles. The molecule has 2 aliphatic rings. The summed E-state index contributed by atoms with van der Waals surface area (Å²) in [6.45, 7) is 16.5. The summed E-state index contributed by atoms with van der Waals surface area (Å²) in [4.78, 5) is 41.3. The highest BCUT2D eigenvalue weighted by molar-refractivity contribution is 5.73. The van der Waals surface area contributed by atoms with Gasteiger partial charge in [0, 0.05) is 74.0 Å². The molecule has 2 aromatic carbocycles. The molecule has 4 N–H and O–H groups in total. The Kier molecular flexibility index (Phi) is 13.3. The molecule has 2 fully saturated rings. The second-order valence-corrected chi connectivity index (χ2v) is 16.1. The molecule has 15 nitrogen and oxygen atoms in total. The number of hydrogen-bond acceptors (Lipinski definition) is 12. The maximum absolute atomic E-state index is 14.6. The lowest BCUT2D eigenvalue weighted by Crippen LogP contribution is -2.35. The first-order valence-electron chi connectivity index (χ1n) is 20.8. The van der Waals surface area contributed by atoms with Gasteiger partial charge in [-0.15, -0.1) is 4.48 Å². The molecule has 1 unspecified atom stereocenters. The molecule has 0 spiro atoms. The van der Waals surface area contributed by atoms with Crippen LogP contribution in [0, 0.1) is 25.5 Å². The van der Waals surface area contributed by atoms with Gasteiger partial charge in [-0.05, 0) is 96.8 Å². The minimum Gasteiger partial charge on any atom is -0.370 e. The lowest BCUT2D eigenvalue weighted by molar-refractivity contribution is -0.119. The first-order chi connectivity index (χ1) is 29.8. The monoisotopic (exact) mass is 850 g/mol. The van der Waals surface area contributed by atoms with Crippen molar-refractivity contribution in [1.29, 1.82) is 0 Å². The number of carbonyl (C=O) groups is 1. The van der Waals surface area contributed by atoms with E-state index in [-0.39, 0.29) is 41.5 Å². The van der Waals surface area contributed by atoms with E-state index in [9.17, 15) is 18.1 Å². The van der Waals surface area contributed by atoms with E-state index in [1.807, 2.05) is 105 Å². The van der Waals surface area contributed by atoms with Crippen molar-refractivity contribution >= 4 is 40.6 Å². The fraction of sp³-hybridized carbons (Fsp3) is 0.386. The molecule has 18 heteroatoms. The third-order valence-corrected chi connectivity index (χ3v) is 10.9. The van der Waals surface area contributed by atoms with Gasteiger partial charge in [-0.3, -0.25) is 4.79 Å². The average molecular weight is 851 g/mol. The smallest absolute Gasteiger partial charge is 0.227 e. The van der Waals surface area contributed by atoms with Gasteiger partial charge in [-0.2, -0.15) is 5.54 Å². The van der Waals surface area contributed by atoms with E-state index in [0.29, 0.717) is 29.8 Å². The van der Waals surface area contributed by atoms with E-state index in [1.165, 1.54) is 12.4 Å². The minimum absolute atomic E-state index is 0.00155. The quantitative estimate of drug-likeness (QED) is 0.0881. The van der Waals surface area contributed by atoms with Gasteiger partial charge in [0.05, 0.1) is 42.2 Å². The molecule has 62 heavy (non-hydrogen) atoms. The molecule has 8 rings (SSSR count). The standard InChI is InChI=1S/C23H28FN7O.C21H25F2N7/c1-14(2)31-15(3)25-12-21(31)22-20(24)11-26-23(29-22)28-17-5-7-19(8-6-17)30-10-9-18(13-30)27-16(4)32;1-13(2)30-14(3)24-11-19(30)20-18(22)10-25-21(27-20)26-15-5-4-6-17(9-15)29-8-7-16(12-29)28-23/h5-8,11-12,14,18H,9-10,13H2,1-4H3,(H,27,32)(H,26,28,29);4-6,9-11,13,16,28H,7-8,12H2,1-3H3,(H,25,26,27)/t18-;/m0./s1. The molecule has 0 radical (unpaired) electrons. The number of halogens is 3. The number of carbonyl (C=O) groups excluding carboxylic acids is 1. The van der Waals surface area contributed by atoms with Gasteiger partial charge >= 0.3 is 0 Å². The third kappa shape index (κ3) is 9.96. The summed E-state index contributed by atoms with van der Waals surface area (Å²) < 4.78 is 45.7. The number of hydrogen-bond donors (Lipinski definition) is 4. The van der Waals surface area contributed by atoms with Crippen LogP contribution in [0.25, 0.3) is 22.8 Å². The third-order valence-electron chi connectivity index (χ3n) is 10.9. The van der Waals surface area contributed by atoms with E-state index in [4.69, 9.17) is 0 Å². The SMILES string of the molecule is CC(=O)N[C@H]1CCN(c2ccc(Nc3ncc(F)c(-c4cnc(C)n4C(C)C)n3)cc2)C1.Cc1ncc(-c2nc(Nc3cccc(N4CCC(NF)C4)c3)ncc2F)n1C(C)C. The Balaban J connectivity index is 0.000000187. The maximum atomic E-state index is 14.6. The Morgan fingerprint density at radius 1 is 0.677 bits per heavy atom. The number of anilines is 6. The minimum atomic E-state index is -0.502. The number of rotatable bonds is 12. The molecule has 326 valence electrons. The normalized spacial score (nSPS) is 16.2. The van der Waals surface area contributed by atoms with Gasteiger partial charge < -0.3 is 34.9 Å². The second-order valence-electron chi connectivity index (χ2n) is 16.1. The largest absolute Gasteiger partial charge is 0.370 e. The number of benzene rings is 2. The molecule has 6 heterocycles. The zero-order valence-corrected chi connectivity index (χ0v) is 36.0. The fourth-order valence-corrected chi connectivity index (χ4v) is 8.05. The number of aryl methyl sites for hydroxylation is 2. The van der Waals surface area contributed by atoms with Crippen molar-refractivity contribution in [3.8, 4) is 22.8 Å². The summed E-state index contributed by atoms with van der Waals surface area (Å²) in [7, 11) is 0. The van der Waals surface area contributed by atoms with Crippen molar-refractivity contribution in [3.05, 3.63) is 96.6 Å². The Morgan fingerprint density at radius 2 is 1.19 bits per heavy atom. The van der Waals surface area contributed by atoms with Crippen LogP contribution in [0.1, 0.15) is 71.2 Å². The van der Waals surface area contributed by atoms with Gasteiger partial charge in [0.1, 0.15) is 23.0 Å². The summed E-state index contributed by atoms with van der Waals surface area (Å²) in [5.74, 6) is 1.22. The summed E-state index contributed by atoms with van der Waals surface area (Å²) in [6, 6.07) is 15.9. The highest BCUT2D eigenvalue weighted by atomic mass is 19.2. The summed E-state index contributed by atoms with van der Waals surface area (Å²) in [6.07, 6.45) is 7.30. The molecule has 0 saturated carbocycles. The van der Waals surface area contributed by atoms with Gasteiger partial charge in [-0.25, -0.2) is 38.7 Å². The van der Waals surface area contributed by atoms with Crippen LogP contribution in [-0.4, -0.2) is 83.2 Å². The van der Waals surface area contributed by atoms with Crippen LogP contribution < -0.4 is 31.3 Å². The van der Waals surface area contributed by atoms with Crippen molar-refractivity contribution < 1.29 is 18.1 Å². The zero-order chi connectivity index (χ0) is 44.1. The summed E-state index contributed by atoms with van der Waals surface area (Å²) >= 11 is 0. The van der Waals surface area contributed by atoms with Gasteiger partial charge in [-0.1, -0.05) is 6.07 Å². The average Bonchev–Trinajstić information content (AvgIpc) is 4.07. The van der Waals surface area contributed by atoms with Crippen LogP contribution in [0.2, 0.25) is 0 Å². The van der Waals surface area contributed by atoms with Crippen molar-refractivity contribution in [2.24, 2.45) is 0 Å². The highest BCUT2D eigenvalue weighted by Crippen LogP contribution is 2.30. The first kappa shape index (κ1) is 43.5. The molecule has 0 bridgehead atoms. The Morgan fingerprint density at radius 3 is 1.71 bits per heavy atom. The number of amides is 1. The Hall–Kier alpha value is -6.56. The molecule has 1 amide bonds. The first-order valence-corrected chi connectivity index (χ1v) is 20.8. The van der Waals surface area contributed by atoms with Crippen LogP contribution in [-0.2, 0) is 4.79 Å². The van der Waals surface area contributed by atoms with E-state index >= 15 is 0 Å². The number of imidazole rings is 2. The molecule has 2 saturated heterocycles. The zero-order valence-electron chi connectivity index (χ0n) is 36.0. The maximum Gasteiger partial charge on any atom is 0.227 e. The van der Waals surface area contributed by atoms with Gasteiger partial charge in [0.25, 0.3) is 0 Å². The van der Waals surface area contributed by atoms with Crippen LogP contribution >= 0.6 is 0 Å². The number of aromatic nitrogens is 8.